The molecule has 4 nitrogen and oxygen atoms in total. The molecule has 0 aliphatic carbocycles. The van der Waals surface area contributed by atoms with E-state index in [0.29, 0.717) is 0 Å². The van der Waals surface area contributed by atoms with Gasteiger partial charge in [-0.05, 0) is 37.8 Å². The first-order valence-corrected chi connectivity index (χ1v) is 9.80. The van der Waals surface area contributed by atoms with Crippen LogP contribution in [0.15, 0.2) is 41.7 Å². The predicted octanol–water partition coefficient (Wildman–Crippen LogP) is 5.11. The lowest BCUT2D eigenvalue weighted by Crippen LogP contribution is -2.59. The van der Waals surface area contributed by atoms with Crippen molar-refractivity contribution in [2.75, 3.05) is 0 Å². The van der Waals surface area contributed by atoms with Gasteiger partial charge in [-0.1, -0.05) is 26.0 Å². The van der Waals surface area contributed by atoms with E-state index in [4.69, 9.17) is 9.64 Å². The minimum absolute atomic E-state index is 0.0864. The van der Waals surface area contributed by atoms with E-state index in [1.54, 1.807) is 11.6 Å². The molecule has 1 aliphatic rings. The topological polar surface area (TPSA) is 39.9 Å². The van der Waals surface area contributed by atoms with E-state index in [9.17, 15) is 0 Å². The number of pyridine rings is 1. The van der Waals surface area contributed by atoms with Crippen molar-refractivity contribution in [1.82, 2.24) is 14.8 Å². The molecule has 0 atom stereocenters. The van der Waals surface area contributed by atoms with Gasteiger partial charge in [0.25, 0.3) is 0 Å². The summed E-state index contributed by atoms with van der Waals surface area (Å²) in [4.78, 5) is 5.99. The zero-order chi connectivity index (χ0) is 18.7. The third-order valence-electron chi connectivity index (χ3n) is 5.90. The lowest BCUT2D eigenvalue weighted by atomic mass is 9.49. The van der Waals surface area contributed by atoms with Crippen molar-refractivity contribution in [2.24, 2.45) is 7.05 Å². The Morgan fingerprint density at radius 3 is 2.50 bits per heavy atom. The van der Waals surface area contributed by atoms with Crippen LogP contribution in [0.1, 0.15) is 33.3 Å². The van der Waals surface area contributed by atoms with E-state index in [2.05, 4.69) is 57.9 Å². The van der Waals surface area contributed by atoms with Gasteiger partial charge in [0.2, 0.25) is 0 Å². The molecule has 6 heteroatoms. The maximum Gasteiger partial charge on any atom is 0.375 e. The highest BCUT2D eigenvalue weighted by atomic mass is 32.2. The molecule has 0 saturated carbocycles. The van der Waals surface area contributed by atoms with Crippen LogP contribution in [0.5, 0.6) is 0 Å². The Kier molecular flexibility index (Phi) is 3.97. The van der Waals surface area contributed by atoms with Gasteiger partial charge in [0, 0.05) is 46.2 Å². The smallest absolute Gasteiger partial charge is 0.375 e. The number of hydrogen-bond acceptors (Lipinski definition) is 4. The Bertz CT molecular complexity index is 996. The van der Waals surface area contributed by atoms with Crippen molar-refractivity contribution in [1.29, 1.82) is 0 Å². The average molecular weight is 365 g/mol. The van der Waals surface area contributed by atoms with E-state index in [-0.39, 0.29) is 17.1 Å². The van der Waals surface area contributed by atoms with Crippen LogP contribution in [0.2, 0.25) is 5.31 Å². The molecule has 0 unspecified atom stereocenters. The van der Waals surface area contributed by atoms with Crippen molar-refractivity contribution >= 4 is 28.6 Å². The van der Waals surface area contributed by atoms with Crippen LogP contribution in [0.4, 0.5) is 0 Å². The summed E-state index contributed by atoms with van der Waals surface area (Å²) < 4.78 is 7.96. The van der Waals surface area contributed by atoms with E-state index in [1.807, 2.05) is 30.3 Å². The quantitative estimate of drug-likeness (QED) is 0.605. The van der Waals surface area contributed by atoms with Gasteiger partial charge in [-0.2, -0.15) is 5.10 Å². The number of rotatable bonds is 3. The van der Waals surface area contributed by atoms with Gasteiger partial charge in [0.15, 0.2) is 0 Å². The van der Waals surface area contributed by atoms with Crippen LogP contribution in [-0.4, -0.2) is 26.6 Å². The van der Waals surface area contributed by atoms with E-state index in [1.165, 1.54) is 21.2 Å². The summed E-state index contributed by atoms with van der Waals surface area (Å²) in [5.74, 6) is 0. The fraction of sp³-hybridized carbons (Fsp3) is 0.400. The first-order chi connectivity index (χ1) is 12.2. The van der Waals surface area contributed by atoms with Gasteiger partial charge in [0.1, 0.15) is 0 Å². The molecule has 134 valence electrons. The Morgan fingerprint density at radius 1 is 1.12 bits per heavy atom. The van der Waals surface area contributed by atoms with Crippen molar-refractivity contribution in [3.63, 3.8) is 0 Å². The molecular formula is C20H24BN3OS. The monoisotopic (exact) mass is 365 g/mol. The Hall–Kier alpha value is -1.79. The summed E-state index contributed by atoms with van der Waals surface area (Å²) in [7, 11) is 1.93. The summed E-state index contributed by atoms with van der Waals surface area (Å²) in [6.07, 6.45) is 6.02. The zero-order valence-corrected chi connectivity index (χ0v) is 17.0. The molecule has 0 N–H and O–H groups in total. The fourth-order valence-electron chi connectivity index (χ4n) is 3.37. The van der Waals surface area contributed by atoms with Crippen LogP contribution in [0.3, 0.4) is 0 Å². The summed E-state index contributed by atoms with van der Waals surface area (Å²) in [5.41, 5.74) is 3.15. The van der Waals surface area contributed by atoms with Crippen LogP contribution in [-0.2, 0) is 11.7 Å². The van der Waals surface area contributed by atoms with Gasteiger partial charge >= 0.3 is 6.19 Å². The van der Waals surface area contributed by atoms with Crippen LogP contribution in [0, 0.1) is 6.92 Å². The molecule has 4 rings (SSSR count). The lowest BCUT2D eigenvalue weighted by molar-refractivity contribution is -0.00482. The molecule has 1 aliphatic heterocycles. The van der Waals surface area contributed by atoms with Crippen molar-refractivity contribution in [2.45, 2.75) is 50.4 Å². The maximum atomic E-state index is 6.15. The second kappa shape index (κ2) is 5.86. The molecule has 0 amide bonds. The normalized spacial score (nSPS) is 18.2. The highest BCUT2D eigenvalue weighted by Crippen LogP contribution is 2.58. The molecular weight excluding hydrogens is 341 g/mol. The zero-order valence-electron chi connectivity index (χ0n) is 16.2. The maximum absolute atomic E-state index is 6.15. The van der Waals surface area contributed by atoms with Gasteiger partial charge in [-0.15, -0.1) is 11.6 Å². The lowest BCUT2D eigenvalue weighted by Gasteiger charge is -2.56. The summed E-state index contributed by atoms with van der Waals surface area (Å²) in [5, 5.41) is 6.82. The molecule has 1 saturated heterocycles. The van der Waals surface area contributed by atoms with Crippen LogP contribution >= 0.6 is 11.6 Å². The molecule has 2 aromatic heterocycles. The number of aromatic nitrogens is 3. The molecule has 1 aromatic carbocycles. The van der Waals surface area contributed by atoms with Gasteiger partial charge in [-0.25, -0.2) is 0 Å². The summed E-state index contributed by atoms with van der Waals surface area (Å²) in [6.45, 7) is 11.0. The molecule has 3 heterocycles. The second-order valence-electron chi connectivity index (χ2n) is 8.15. The number of aryl methyl sites for hydroxylation is 2. The first kappa shape index (κ1) is 17.6. The third-order valence-corrected chi connectivity index (χ3v) is 7.41. The molecule has 0 spiro atoms. The molecule has 1 fully saturated rings. The fourth-order valence-corrected chi connectivity index (χ4v) is 4.92. The number of fused-ring (bicyclic) bond motifs is 1. The standard InChI is InChI=1S/C20H24BN3OS/c1-13-15-8-7-9-17(26-21-19(2,3)20(4,5)25-21)16(15)11-22-18(13)14-10-23-24(6)12-14/h7-12H,1-6H3. The second-order valence-corrected chi connectivity index (χ2v) is 9.26. The molecule has 0 radical (unpaired) electrons. The predicted molar refractivity (Wildman–Crippen MR) is 109 cm³/mol. The average Bonchev–Trinajstić information content (AvgIpc) is 3.01. The Balaban J connectivity index is 1.73. The number of benzene rings is 1. The molecule has 26 heavy (non-hydrogen) atoms. The van der Waals surface area contributed by atoms with Crippen molar-refractivity contribution in [3.05, 3.63) is 42.4 Å². The number of hydrogen-bond donors (Lipinski definition) is 0. The van der Waals surface area contributed by atoms with Gasteiger partial charge in [0.05, 0.1) is 11.9 Å². The minimum atomic E-state index is -0.0864. The SMILES string of the molecule is Cc1c(-c2cnn(C)c2)ncc2c(SB3OC(C)(C)C3(C)C)cccc12. The highest BCUT2D eigenvalue weighted by Gasteiger charge is 2.59. The van der Waals surface area contributed by atoms with Gasteiger partial charge < -0.3 is 4.65 Å². The largest absolute Gasteiger partial charge is 0.420 e. The summed E-state index contributed by atoms with van der Waals surface area (Å²) >= 11 is 1.80. The minimum Gasteiger partial charge on any atom is -0.420 e. The van der Waals surface area contributed by atoms with Gasteiger partial charge in [-0.3, -0.25) is 9.67 Å². The van der Waals surface area contributed by atoms with Crippen molar-refractivity contribution in [3.8, 4) is 11.3 Å². The Labute approximate surface area is 159 Å². The van der Waals surface area contributed by atoms with E-state index < -0.39 is 0 Å². The molecule has 0 bridgehead atoms. The Morgan fingerprint density at radius 2 is 1.88 bits per heavy atom. The highest BCUT2D eigenvalue weighted by molar-refractivity contribution is 8.25. The third kappa shape index (κ3) is 2.58. The van der Waals surface area contributed by atoms with Crippen molar-refractivity contribution < 1.29 is 4.65 Å². The molecule has 3 aromatic rings. The first-order valence-electron chi connectivity index (χ1n) is 8.92. The summed E-state index contributed by atoms with van der Waals surface area (Å²) in [6, 6.07) is 6.47. The number of nitrogens with zero attached hydrogens (tertiary/aromatic N) is 3. The van der Waals surface area contributed by atoms with Crippen LogP contribution in [0.25, 0.3) is 22.0 Å². The van der Waals surface area contributed by atoms with E-state index in [0.717, 1.165) is 11.3 Å². The van der Waals surface area contributed by atoms with Crippen LogP contribution < -0.4 is 0 Å². The van der Waals surface area contributed by atoms with E-state index >= 15 is 0 Å².